The summed E-state index contributed by atoms with van der Waals surface area (Å²) in [6.07, 6.45) is 11.9. The summed E-state index contributed by atoms with van der Waals surface area (Å²) in [6, 6.07) is 0. The molecule has 0 bridgehead atoms. The number of unbranched alkanes of at least 4 members (excludes halogenated alkanes) is 4. The lowest BCUT2D eigenvalue weighted by Gasteiger charge is -1.96. The van der Waals surface area contributed by atoms with Crippen LogP contribution in [-0.4, -0.2) is 25.2 Å². The van der Waals surface area contributed by atoms with E-state index in [0.717, 1.165) is 12.2 Å². The second-order valence-corrected chi connectivity index (χ2v) is 4.23. The fourth-order valence-corrected chi connectivity index (χ4v) is 1.19. The first-order valence-corrected chi connectivity index (χ1v) is 7.35. The van der Waals surface area contributed by atoms with Gasteiger partial charge < -0.3 is 9.47 Å². The van der Waals surface area contributed by atoms with Gasteiger partial charge in [0.1, 0.15) is 13.2 Å². The minimum absolute atomic E-state index is 0.116. The molecule has 0 saturated heterocycles. The Kier molecular flexibility index (Phi) is 18.6. The van der Waals surface area contributed by atoms with Crippen LogP contribution in [0.1, 0.15) is 46.0 Å². The second kappa shape index (κ2) is 18.2. The van der Waals surface area contributed by atoms with Crippen molar-refractivity contribution < 1.29 is 19.1 Å². The first-order chi connectivity index (χ1) is 10.1. The van der Waals surface area contributed by atoms with Crippen LogP contribution in [0.15, 0.2) is 37.5 Å². The normalized spacial score (nSPS) is 9.43. The molecule has 0 aromatic heterocycles. The van der Waals surface area contributed by atoms with Gasteiger partial charge in [-0.2, -0.15) is 0 Å². The molecule has 4 nitrogen and oxygen atoms in total. The Morgan fingerprint density at radius 1 is 0.810 bits per heavy atom. The van der Waals surface area contributed by atoms with E-state index in [1.54, 1.807) is 0 Å². The third kappa shape index (κ3) is 20.6. The minimum Gasteiger partial charge on any atom is -0.458 e. The van der Waals surface area contributed by atoms with Gasteiger partial charge in [-0.1, -0.05) is 71.3 Å². The van der Waals surface area contributed by atoms with Gasteiger partial charge in [-0.3, -0.25) is 0 Å². The van der Waals surface area contributed by atoms with Crippen LogP contribution in [0.4, 0.5) is 0 Å². The van der Waals surface area contributed by atoms with Gasteiger partial charge in [0.25, 0.3) is 0 Å². The largest absolute Gasteiger partial charge is 0.458 e. The molecule has 0 radical (unpaired) electrons. The molecular formula is C17H28O4. The molecule has 0 unspecified atom stereocenters. The van der Waals surface area contributed by atoms with Crippen molar-refractivity contribution in [3.63, 3.8) is 0 Å². The number of hydrogen-bond acceptors (Lipinski definition) is 4. The third-order valence-corrected chi connectivity index (χ3v) is 2.25. The van der Waals surface area contributed by atoms with E-state index in [2.05, 4.69) is 36.5 Å². The van der Waals surface area contributed by atoms with E-state index >= 15 is 0 Å². The molecule has 0 heterocycles. The average Bonchev–Trinajstić information content (AvgIpc) is 2.50. The van der Waals surface area contributed by atoms with Crippen LogP contribution < -0.4 is 0 Å². The van der Waals surface area contributed by atoms with Crippen molar-refractivity contribution in [1.82, 2.24) is 0 Å². The Morgan fingerprint density at radius 2 is 1.19 bits per heavy atom. The maximum Gasteiger partial charge on any atom is 0.331 e. The van der Waals surface area contributed by atoms with Gasteiger partial charge in [0.05, 0.1) is 0 Å². The summed E-state index contributed by atoms with van der Waals surface area (Å²) in [6.45, 7) is 11.5. The molecule has 0 spiro atoms. The molecule has 4 heteroatoms. The molecule has 0 rings (SSSR count). The fourth-order valence-electron chi connectivity index (χ4n) is 1.19. The Labute approximate surface area is 128 Å². The Hall–Kier alpha value is -1.84. The van der Waals surface area contributed by atoms with E-state index in [1.165, 1.54) is 44.3 Å². The van der Waals surface area contributed by atoms with E-state index in [1.807, 2.05) is 0 Å². The molecule has 0 aromatic carbocycles. The fraction of sp³-hybridized carbons (Fsp3) is 0.529. The van der Waals surface area contributed by atoms with Crippen LogP contribution in [-0.2, 0) is 19.1 Å². The summed E-state index contributed by atoms with van der Waals surface area (Å²) in [5.74, 6) is -1.22. The molecule has 0 atom stereocenters. The SMILES string of the molecule is C=CCOC(=O)/C=C\C(=O)OCC=C.CCCCCCC. The lowest BCUT2D eigenvalue weighted by Crippen LogP contribution is -2.04. The molecule has 0 fully saturated rings. The molecule has 120 valence electrons. The summed E-state index contributed by atoms with van der Waals surface area (Å²) >= 11 is 0. The van der Waals surface area contributed by atoms with Crippen LogP contribution in [0.25, 0.3) is 0 Å². The van der Waals surface area contributed by atoms with Crippen molar-refractivity contribution in [3.8, 4) is 0 Å². The molecule has 0 aliphatic heterocycles. The van der Waals surface area contributed by atoms with Gasteiger partial charge in [-0.15, -0.1) is 0 Å². The van der Waals surface area contributed by atoms with Crippen molar-refractivity contribution in [1.29, 1.82) is 0 Å². The Bertz CT molecular complexity index is 289. The number of esters is 2. The predicted molar refractivity (Wildman–Crippen MR) is 85.9 cm³/mol. The molecule has 0 N–H and O–H groups in total. The van der Waals surface area contributed by atoms with Gasteiger partial charge in [-0.05, 0) is 0 Å². The molecule has 21 heavy (non-hydrogen) atoms. The second-order valence-electron chi connectivity index (χ2n) is 4.23. The van der Waals surface area contributed by atoms with Crippen LogP contribution in [0.5, 0.6) is 0 Å². The van der Waals surface area contributed by atoms with Crippen LogP contribution in [0.2, 0.25) is 0 Å². The van der Waals surface area contributed by atoms with Gasteiger partial charge in [0.2, 0.25) is 0 Å². The molecule has 0 aliphatic carbocycles. The van der Waals surface area contributed by atoms with Crippen molar-refractivity contribution in [2.45, 2.75) is 46.0 Å². The van der Waals surface area contributed by atoms with Crippen LogP contribution in [0, 0.1) is 0 Å². The highest BCUT2D eigenvalue weighted by molar-refractivity contribution is 5.91. The van der Waals surface area contributed by atoms with E-state index in [4.69, 9.17) is 0 Å². The standard InChI is InChI=1S/C10H12O4.C7H16/c1-3-7-13-9(11)5-6-10(12)14-8-4-2;1-3-5-7-6-4-2/h3-6H,1-2,7-8H2;3-7H2,1-2H3/b6-5-;. The van der Waals surface area contributed by atoms with Crippen molar-refractivity contribution in [2.24, 2.45) is 0 Å². The predicted octanol–water partition coefficient (Wildman–Crippen LogP) is 3.98. The van der Waals surface area contributed by atoms with Gasteiger partial charge in [0.15, 0.2) is 0 Å². The highest BCUT2D eigenvalue weighted by Crippen LogP contribution is 2.00. The van der Waals surface area contributed by atoms with Crippen molar-refractivity contribution >= 4 is 11.9 Å². The Morgan fingerprint density at radius 3 is 1.48 bits per heavy atom. The highest BCUT2D eigenvalue weighted by Gasteiger charge is 1.98. The summed E-state index contributed by atoms with van der Waals surface area (Å²) in [7, 11) is 0. The van der Waals surface area contributed by atoms with E-state index in [9.17, 15) is 9.59 Å². The lowest BCUT2D eigenvalue weighted by atomic mass is 10.2. The number of carbonyl (C=O) groups excluding carboxylic acids is 2. The maximum absolute atomic E-state index is 10.8. The van der Waals surface area contributed by atoms with Crippen molar-refractivity contribution in [3.05, 3.63) is 37.5 Å². The number of rotatable bonds is 10. The zero-order chi connectivity index (χ0) is 16.3. The smallest absolute Gasteiger partial charge is 0.331 e. The zero-order valence-corrected chi connectivity index (χ0v) is 13.3. The topological polar surface area (TPSA) is 52.6 Å². The van der Waals surface area contributed by atoms with Crippen molar-refractivity contribution in [2.75, 3.05) is 13.2 Å². The zero-order valence-electron chi connectivity index (χ0n) is 13.3. The monoisotopic (exact) mass is 296 g/mol. The lowest BCUT2D eigenvalue weighted by molar-refractivity contribution is -0.139. The maximum atomic E-state index is 10.8. The Balaban J connectivity index is 0. The number of hydrogen-bond donors (Lipinski definition) is 0. The molecule has 0 amide bonds. The molecular weight excluding hydrogens is 268 g/mol. The van der Waals surface area contributed by atoms with Crippen LogP contribution >= 0.6 is 0 Å². The van der Waals surface area contributed by atoms with Gasteiger partial charge in [0, 0.05) is 12.2 Å². The number of carbonyl (C=O) groups is 2. The quantitative estimate of drug-likeness (QED) is 0.265. The summed E-state index contributed by atoms with van der Waals surface area (Å²) in [5.41, 5.74) is 0. The third-order valence-electron chi connectivity index (χ3n) is 2.25. The molecule has 0 aliphatic rings. The van der Waals surface area contributed by atoms with Crippen LogP contribution in [0.3, 0.4) is 0 Å². The van der Waals surface area contributed by atoms with E-state index in [0.29, 0.717) is 0 Å². The first-order valence-electron chi connectivity index (χ1n) is 7.35. The average molecular weight is 296 g/mol. The van der Waals surface area contributed by atoms with E-state index in [-0.39, 0.29) is 13.2 Å². The summed E-state index contributed by atoms with van der Waals surface area (Å²) in [4.78, 5) is 21.6. The van der Waals surface area contributed by atoms with E-state index < -0.39 is 11.9 Å². The van der Waals surface area contributed by atoms with Gasteiger partial charge >= 0.3 is 11.9 Å². The summed E-state index contributed by atoms with van der Waals surface area (Å²) < 4.78 is 9.15. The first kappa shape index (κ1) is 21.5. The number of ether oxygens (including phenoxy) is 2. The van der Waals surface area contributed by atoms with Gasteiger partial charge in [-0.25, -0.2) is 9.59 Å². The molecule has 0 aromatic rings. The summed E-state index contributed by atoms with van der Waals surface area (Å²) in [5, 5.41) is 0. The molecule has 0 saturated carbocycles. The minimum atomic E-state index is -0.611. The highest BCUT2D eigenvalue weighted by atomic mass is 16.5.